The van der Waals surface area contributed by atoms with Crippen LogP contribution in [0.2, 0.25) is 0 Å². The predicted octanol–water partition coefficient (Wildman–Crippen LogP) is 1.88. The number of ether oxygens (including phenoxy) is 1. The van der Waals surface area contributed by atoms with Gasteiger partial charge in [0.15, 0.2) is 0 Å². The molecule has 1 N–H and O–H groups in total. The summed E-state index contributed by atoms with van der Waals surface area (Å²) in [6.07, 6.45) is 1.31. The highest BCUT2D eigenvalue weighted by atomic mass is 16.5. The maximum absolute atomic E-state index is 5.81. The largest absolute Gasteiger partial charge is 0.492 e. The van der Waals surface area contributed by atoms with Gasteiger partial charge >= 0.3 is 0 Å². The van der Waals surface area contributed by atoms with Gasteiger partial charge in [0, 0.05) is 31.2 Å². The highest BCUT2D eigenvalue weighted by Gasteiger charge is 2.26. The van der Waals surface area contributed by atoms with E-state index in [1.165, 1.54) is 25.1 Å². The topological polar surface area (TPSA) is 24.5 Å². The van der Waals surface area contributed by atoms with E-state index in [4.69, 9.17) is 4.74 Å². The lowest BCUT2D eigenvalue weighted by atomic mass is 10.0. The highest BCUT2D eigenvalue weighted by Crippen LogP contribution is 2.24. The van der Waals surface area contributed by atoms with Crippen molar-refractivity contribution in [2.75, 3.05) is 26.2 Å². The summed E-state index contributed by atoms with van der Waals surface area (Å²) in [5, 5.41) is 3.54. The predicted molar refractivity (Wildman–Crippen MR) is 72.8 cm³/mol. The SMILES string of the molecule is CC1NCCC1CN1CCOc2ccccc2C1. The zero-order chi connectivity index (χ0) is 12.4. The summed E-state index contributed by atoms with van der Waals surface area (Å²) in [6.45, 7) is 7.54. The lowest BCUT2D eigenvalue weighted by molar-refractivity contribution is 0.193. The van der Waals surface area contributed by atoms with Gasteiger partial charge in [0.1, 0.15) is 12.4 Å². The number of rotatable bonds is 2. The Morgan fingerprint density at radius 1 is 1.39 bits per heavy atom. The van der Waals surface area contributed by atoms with Crippen LogP contribution in [-0.2, 0) is 6.54 Å². The fourth-order valence-corrected chi connectivity index (χ4v) is 3.03. The number of fused-ring (bicyclic) bond motifs is 1. The van der Waals surface area contributed by atoms with Crippen molar-refractivity contribution >= 4 is 0 Å². The molecule has 0 aromatic heterocycles. The molecule has 18 heavy (non-hydrogen) atoms. The molecule has 0 spiro atoms. The molecule has 0 amide bonds. The third-order valence-corrected chi connectivity index (χ3v) is 4.21. The molecule has 3 nitrogen and oxygen atoms in total. The van der Waals surface area contributed by atoms with Crippen molar-refractivity contribution in [3.05, 3.63) is 29.8 Å². The van der Waals surface area contributed by atoms with Gasteiger partial charge in [-0.25, -0.2) is 0 Å². The van der Waals surface area contributed by atoms with Gasteiger partial charge in [-0.3, -0.25) is 4.90 Å². The minimum atomic E-state index is 0.657. The maximum Gasteiger partial charge on any atom is 0.123 e. The van der Waals surface area contributed by atoms with Crippen molar-refractivity contribution in [3.8, 4) is 5.75 Å². The van der Waals surface area contributed by atoms with Crippen molar-refractivity contribution in [2.24, 2.45) is 5.92 Å². The minimum absolute atomic E-state index is 0.657. The van der Waals surface area contributed by atoms with Crippen LogP contribution < -0.4 is 10.1 Å². The molecule has 2 unspecified atom stereocenters. The highest BCUT2D eigenvalue weighted by molar-refractivity contribution is 5.33. The summed E-state index contributed by atoms with van der Waals surface area (Å²) in [6, 6.07) is 9.08. The van der Waals surface area contributed by atoms with Crippen molar-refractivity contribution in [1.29, 1.82) is 0 Å². The zero-order valence-corrected chi connectivity index (χ0v) is 11.1. The molecular weight excluding hydrogens is 224 g/mol. The lowest BCUT2D eigenvalue weighted by Crippen LogP contribution is -2.35. The molecule has 2 atom stereocenters. The zero-order valence-electron chi connectivity index (χ0n) is 11.1. The van der Waals surface area contributed by atoms with Crippen molar-refractivity contribution in [3.63, 3.8) is 0 Å². The Bertz CT molecular complexity index is 407. The average Bonchev–Trinajstić information content (AvgIpc) is 2.66. The van der Waals surface area contributed by atoms with Crippen LogP contribution in [0.25, 0.3) is 0 Å². The molecule has 1 aromatic rings. The van der Waals surface area contributed by atoms with E-state index in [0.717, 1.165) is 31.4 Å². The number of para-hydroxylation sites is 1. The molecule has 3 heteroatoms. The summed E-state index contributed by atoms with van der Waals surface area (Å²) >= 11 is 0. The molecule has 0 radical (unpaired) electrons. The van der Waals surface area contributed by atoms with E-state index in [1.807, 2.05) is 0 Å². The van der Waals surface area contributed by atoms with E-state index in [0.29, 0.717) is 6.04 Å². The van der Waals surface area contributed by atoms with E-state index in [2.05, 4.69) is 41.4 Å². The Morgan fingerprint density at radius 2 is 2.28 bits per heavy atom. The molecular formula is C15H22N2O. The van der Waals surface area contributed by atoms with Crippen molar-refractivity contribution < 1.29 is 4.74 Å². The first kappa shape index (κ1) is 12.0. The van der Waals surface area contributed by atoms with Crippen LogP contribution in [0.1, 0.15) is 18.9 Å². The Balaban J connectivity index is 1.67. The molecule has 1 saturated heterocycles. The molecule has 2 aliphatic rings. The van der Waals surface area contributed by atoms with Crippen LogP contribution in [0.15, 0.2) is 24.3 Å². The van der Waals surface area contributed by atoms with Crippen LogP contribution >= 0.6 is 0 Å². The number of hydrogen-bond donors (Lipinski definition) is 1. The Morgan fingerprint density at radius 3 is 3.11 bits per heavy atom. The number of benzene rings is 1. The fourth-order valence-electron chi connectivity index (χ4n) is 3.03. The quantitative estimate of drug-likeness (QED) is 0.862. The van der Waals surface area contributed by atoms with Crippen LogP contribution in [0.4, 0.5) is 0 Å². The van der Waals surface area contributed by atoms with Gasteiger partial charge < -0.3 is 10.1 Å². The van der Waals surface area contributed by atoms with Gasteiger partial charge in [0.25, 0.3) is 0 Å². The molecule has 2 heterocycles. The third kappa shape index (κ3) is 2.52. The van der Waals surface area contributed by atoms with Gasteiger partial charge in [-0.15, -0.1) is 0 Å². The first-order valence-corrected chi connectivity index (χ1v) is 6.99. The molecule has 2 aliphatic heterocycles. The summed E-state index contributed by atoms with van der Waals surface area (Å²) in [5.41, 5.74) is 1.33. The fraction of sp³-hybridized carbons (Fsp3) is 0.600. The second kappa shape index (κ2) is 5.29. The number of nitrogens with one attached hydrogen (secondary N) is 1. The van der Waals surface area contributed by atoms with Crippen LogP contribution in [0, 0.1) is 5.92 Å². The minimum Gasteiger partial charge on any atom is -0.492 e. The van der Waals surface area contributed by atoms with E-state index in [-0.39, 0.29) is 0 Å². The van der Waals surface area contributed by atoms with Crippen LogP contribution in [0.5, 0.6) is 5.75 Å². The van der Waals surface area contributed by atoms with E-state index in [1.54, 1.807) is 0 Å². The summed E-state index contributed by atoms with van der Waals surface area (Å²) in [4.78, 5) is 2.54. The van der Waals surface area contributed by atoms with Gasteiger partial charge in [-0.2, -0.15) is 0 Å². The lowest BCUT2D eigenvalue weighted by Gasteiger charge is -2.25. The summed E-state index contributed by atoms with van der Waals surface area (Å²) in [7, 11) is 0. The number of nitrogens with zero attached hydrogens (tertiary/aromatic N) is 1. The molecule has 0 aliphatic carbocycles. The Kier molecular flexibility index (Phi) is 3.52. The van der Waals surface area contributed by atoms with Crippen LogP contribution in [0.3, 0.4) is 0 Å². The van der Waals surface area contributed by atoms with Gasteiger partial charge in [-0.05, 0) is 31.9 Å². The van der Waals surface area contributed by atoms with Gasteiger partial charge in [-0.1, -0.05) is 18.2 Å². The third-order valence-electron chi connectivity index (χ3n) is 4.21. The van der Waals surface area contributed by atoms with Crippen molar-refractivity contribution in [2.45, 2.75) is 25.9 Å². The van der Waals surface area contributed by atoms with Crippen molar-refractivity contribution in [1.82, 2.24) is 10.2 Å². The molecule has 0 saturated carbocycles. The Labute approximate surface area is 109 Å². The Hall–Kier alpha value is -1.06. The second-order valence-corrected chi connectivity index (χ2v) is 5.48. The molecule has 0 bridgehead atoms. The van der Waals surface area contributed by atoms with E-state index in [9.17, 15) is 0 Å². The standard InChI is InChI=1S/C15H22N2O/c1-12-13(6-7-16-12)10-17-8-9-18-15-5-3-2-4-14(15)11-17/h2-5,12-13,16H,6-11H2,1H3. The summed E-state index contributed by atoms with van der Waals surface area (Å²) < 4.78 is 5.81. The normalized spacial score (nSPS) is 28.5. The van der Waals surface area contributed by atoms with Gasteiger partial charge in [0.05, 0.1) is 0 Å². The smallest absolute Gasteiger partial charge is 0.123 e. The first-order valence-electron chi connectivity index (χ1n) is 6.99. The van der Waals surface area contributed by atoms with Gasteiger partial charge in [0.2, 0.25) is 0 Å². The molecule has 1 fully saturated rings. The molecule has 1 aromatic carbocycles. The first-order chi connectivity index (χ1) is 8.83. The summed E-state index contributed by atoms with van der Waals surface area (Å²) in [5.74, 6) is 1.85. The van der Waals surface area contributed by atoms with E-state index < -0.39 is 0 Å². The molecule has 3 rings (SSSR count). The van der Waals surface area contributed by atoms with E-state index >= 15 is 0 Å². The monoisotopic (exact) mass is 246 g/mol. The maximum atomic E-state index is 5.81. The average molecular weight is 246 g/mol. The molecule has 98 valence electrons. The number of hydrogen-bond acceptors (Lipinski definition) is 3. The van der Waals surface area contributed by atoms with Crippen LogP contribution in [-0.4, -0.2) is 37.2 Å². The second-order valence-electron chi connectivity index (χ2n) is 5.48.